The van der Waals surface area contributed by atoms with Gasteiger partial charge in [-0.05, 0) is 24.1 Å². The zero-order valence-electron chi connectivity index (χ0n) is 8.60. The minimum Gasteiger partial charge on any atom is -0.491 e. The van der Waals surface area contributed by atoms with Gasteiger partial charge in [-0.2, -0.15) is 0 Å². The first kappa shape index (κ1) is 11.8. The van der Waals surface area contributed by atoms with Crippen molar-refractivity contribution in [1.29, 1.82) is 0 Å². The first-order valence-corrected chi connectivity index (χ1v) is 4.90. The van der Waals surface area contributed by atoms with Crippen molar-refractivity contribution < 1.29 is 14.9 Å². The molecule has 0 saturated heterocycles. The number of aliphatic hydroxyl groups is 2. The minimum absolute atomic E-state index is 0.000834. The molecule has 0 spiro atoms. The topological polar surface area (TPSA) is 49.7 Å². The monoisotopic (exact) mass is 208 g/mol. The van der Waals surface area contributed by atoms with Crippen LogP contribution in [0.3, 0.4) is 0 Å². The molecule has 0 radical (unpaired) electrons. The Balaban J connectivity index is 2.59. The van der Waals surface area contributed by atoms with Crippen LogP contribution in [0, 0.1) is 0 Å². The second kappa shape index (κ2) is 6.22. The zero-order valence-corrected chi connectivity index (χ0v) is 8.60. The smallest absolute Gasteiger partial charge is 0.119 e. The quantitative estimate of drug-likeness (QED) is 0.699. The molecule has 3 nitrogen and oxygen atoms in total. The summed E-state index contributed by atoms with van der Waals surface area (Å²) in [6.07, 6.45) is 1.71. The second-order valence-electron chi connectivity index (χ2n) is 3.18. The molecule has 82 valence electrons. The van der Waals surface area contributed by atoms with E-state index in [0.717, 1.165) is 5.56 Å². The molecule has 1 atom stereocenters. The van der Waals surface area contributed by atoms with Crippen molar-refractivity contribution in [2.75, 3.05) is 13.2 Å². The zero-order chi connectivity index (χ0) is 11.1. The molecule has 0 aliphatic heterocycles. The van der Waals surface area contributed by atoms with Gasteiger partial charge in [-0.15, -0.1) is 6.58 Å². The fraction of sp³-hybridized carbons (Fsp3) is 0.333. The summed E-state index contributed by atoms with van der Waals surface area (Å²) in [5.41, 5.74) is 0.839. The summed E-state index contributed by atoms with van der Waals surface area (Å²) in [6, 6.07) is 7.16. The van der Waals surface area contributed by atoms with Crippen molar-refractivity contribution in [3.8, 4) is 5.75 Å². The Morgan fingerprint density at radius 3 is 2.53 bits per heavy atom. The molecule has 0 amide bonds. The fourth-order valence-corrected chi connectivity index (χ4v) is 1.24. The van der Waals surface area contributed by atoms with Crippen molar-refractivity contribution in [3.05, 3.63) is 42.5 Å². The van der Waals surface area contributed by atoms with Crippen molar-refractivity contribution in [2.45, 2.75) is 12.5 Å². The summed E-state index contributed by atoms with van der Waals surface area (Å²) in [5.74, 6) is 0.693. The Morgan fingerprint density at radius 1 is 1.33 bits per heavy atom. The summed E-state index contributed by atoms with van der Waals surface area (Å²) in [6.45, 7) is 3.86. The third-order valence-electron chi connectivity index (χ3n) is 2.01. The molecule has 0 aliphatic rings. The van der Waals surface area contributed by atoms with Crippen LogP contribution in [-0.4, -0.2) is 23.4 Å². The number of ether oxygens (including phenoxy) is 1. The second-order valence-corrected chi connectivity index (χ2v) is 3.18. The number of hydrogen-bond acceptors (Lipinski definition) is 3. The SMILES string of the molecule is C=CC[C@H](O)c1ccc(OCCO)cc1. The van der Waals surface area contributed by atoms with Crippen LogP contribution in [0.15, 0.2) is 36.9 Å². The summed E-state index contributed by atoms with van der Waals surface area (Å²) in [4.78, 5) is 0. The van der Waals surface area contributed by atoms with Gasteiger partial charge in [-0.3, -0.25) is 0 Å². The molecule has 0 unspecified atom stereocenters. The summed E-state index contributed by atoms with van der Waals surface area (Å²) >= 11 is 0. The highest BCUT2D eigenvalue weighted by Crippen LogP contribution is 2.20. The van der Waals surface area contributed by atoms with E-state index in [4.69, 9.17) is 9.84 Å². The summed E-state index contributed by atoms with van der Waals surface area (Å²) < 4.78 is 5.20. The molecule has 0 saturated carbocycles. The van der Waals surface area contributed by atoms with Crippen LogP contribution in [0.4, 0.5) is 0 Å². The van der Waals surface area contributed by atoms with Gasteiger partial charge in [-0.1, -0.05) is 18.2 Å². The van der Waals surface area contributed by atoms with Crippen molar-refractivity contribution in [1.82, 2.24) is 0 Å². The Bertz CT molecular complexity index is 292. The van der Waals surface area contributed by atoms with Crippen molar-refractivity contribution >= 4 is 0 Å². The molecular formula is C12H16O3. The number of hydrogen-bond donors (Lipinski definition) is 2. The third kappa shape index (κ3) is 3.73. The predicted molar refractivity (Wildman–Crippen MR) is 58.8 cm³/mol. The van der Waals surface area contributed by atoms with Crippen LogP contribution >= 0.6 is 0 Å². The molecule has 0 bridgehead atoms. The minimum atomic E-state index is -0.505. The van der Waals surface area contributed by atoms with Gasteiger partial charge in [0.1, 0.15) is 12.4 Å². The standard InChI is InChI=1S/C12H16O3/c1-2-3-12(14)10-4-6-11(7-5-10)15-9-8-13/h2,4-7,12-14H,1,3,8-9H2/t12-/m0/s1. The molecule has 0 aromatic heterocycles. The van der Waals surface area contributed by atoms with E-state index in [1.54, 1.807) is 30.3 Å². The van der Waals surface area contributed by atoms with E-state index in [2.05, 4.69) is 6.58 Å². The van der Waals surface area contributed by atoms with E-state index in [0.29, 0.717) is 12.2 Å². The number of benzene rings is 1. The molecule has 0 heterocycles. The lowest BCUT2D eigenvalue weighted by molar-refractivity contribution is 0.181. The highest BCUT2D eigenvalue weighted by Gasteiger charge is 2.04. The molecule has 1 rings (SSSR count). The van der Waals surface area contributed by atoms with Gasteiger partial charge in [0.2, 0.25) is 0 Å². The van der Waals surface area contributed by atoms with Crippen molar-refractivity contribution in [2.24, 2.45) is 0 Å². The van der Waals surface area contributed by atoms with Crippen LogP contribution in [0.2, 0.25) is 0 Å². The van der Waals surface area contributed by atoms with Crippen LogP contribution in [0.5, 0.6) is 5.75 Å². The maximum absolute atomic E-state index is 9.64. The molecule has 3 heteroatoms. The van der Waals surface area contributed by atoms with E-state index >= 15 is 0 Å². The molecule has 1 aromatic rings. The van der Waals surface area contributed by atoms with E-state index in [9.17, 15) is 5.11 Å². The van der Waals surface area contributed by atoms with Crippen LogP contribution < -0.4 is 4.74 Å². The van der Waals surface area contributed by atoms with E-state index in [1.807, 2.05) is 0 Å². The summed E-state index contributed by atoms with van der Waals surface area (Å²) in [7, 11) is 0. The lowest BCUT2D eigenvalue weighted by atomic mass is 10.1. The Morgan fingerprint density at radius 2 is 2.00 bits per heavy atom. The molecule has 15 heavy (non-hydrogen) atoms. The van der Waals surface area contributed by atoms with E-state index in [1.165, 1.54) is 0 Å². The normalized spacial score (nSPS) is 12.1. The molecule has 1 aromatic carbocycles. The van der Waals surface area contributed by atoms with Gasteiger partial charge in [0.15, 0.2) is 0 Å². The largest absolute Gasteiger partial charge is 0.491 e. The molecule has 0 fully saturated rings. The Kier molecular flexibility index (Phi) is 4.87. The highest BCUT2D eigenvalue weighted by molar-refractivity contribution is 5.28. The predicted octanol–water partition coefficient (Wildman–Crippen LogP) is 1.67. The maximum atomic E-state index is 9.64. The Labute approximate surface area is 89.6 Å². The lowest BCUT2D eigenvalue weighted by Gasteiger charge is -2.09. The average molecular weight is 208 g/mol. The molecule has 2 N–H and O–H groups in total. The third-order valence-corrected chi connectivity index (χ3v) is 2.01. The van der Waals surface area contributed by atoms with Gasteiger partial charge >= 0.3 is 0 Å². The first-order chi connectivity index (χ1) is 7.27. The van der Waals surface area contributed by atoms with Crippen molar-refractivity contribution in [3.63, 3.8) is 0 Å². The van der Waals surface area contributed by atoms with E-state index in [-0.39, 0.29) is 13.2 Å². The fourth-order valence-electron chi connectivity index (χ4n) is 1.24. The molecular weight excluding hydrogens is 192 g/mol. The maximum Gasteiger partial charge on any atom is 0.119 e. The van der Waals surface area contributed by atoms with Crippen LogP contribution in [0.25, 0.3) is 0 Å². The summed E-state index contributed by atoms with van der Waals surface area (Å²) in [5, 5.41) is 18.2. The lowest BCUT2D eigenvalue weighted by Crippen LogP contribution is -2.02. The molecule has 0 aliphatic carbocycles. The van der Waals surface area contributed by atoms with Gasteiger partial charge in [0, 0.05) is 0 Å². The van der Waals surface area contributed by atoms with E-state index < -0.39 is 6.10 Å². The average Bonchev–Trinajstić information content (AvgIpc) is 2.27. The van der Waals surface area contributed by atoms with Crippen LogP contribution in [-0.2, 0) is 0 Å². The van der Waals surface area contributed by atoms with Gasteiger partial charge in [0.25, 0.3) is 0 Å². The number of aliphatic hydroxyl groups excluding tert-OH is 2. The number of rotatable bonds is 6. The Hall–Kier alpha value is -1.32. The first-order valence-electron chi connectivity index (χ1n) is 4.90. The van der Waals surface area contributed by atoms with Gasteiger partial charge in [0.05, 0.1) is 12.7 Å². The van der Waals surface area contributed by atoms with Crippen LogP contribution in [0.1, 0.15) is 18.1 Å². The van der Waals surface area contributed by atoms with Gasteiger partial charge in [-0.25, -0.2) is 0 Å². The van der Waals surface area contributed by atoms with Gasteiger partial charge < -0.3 is 14.9 Å². The highest BCUT2D eigenvalue weighted by atomic mass is 16.5.